The molecule has 0 aliphatic rings. The number of hydrogen-bond donors (Lipinski definition) is 1. The highest BCUT2D eigenvalue weighted by Gasteiger charge is 2.22. The molecule has 0 aliphatic heterocycles. The Hall–Kier alpha value is -1.96. The lowest BCUT2D eigenvalue weighted by atomic mass is 10.0. The number of anilines is 1. The largest absolute Gasteiger partial charge is 0.351 e. The normalized spacial score (nSPS) is 13.2. The van der Waals surface area contributed by atoms with Crippen molar-refractivity contribution in [2.24, 2.45) is 20.0 Å². The lowest BCUT2D eigenvalue weighted by molar-refractivity contribution is 0.497. The molecule has 0 aromatic carbocycles. The third-order valence-corrected chi connectivity index (χ3v) is 4.60. The van der Waals surface area contributed by atoms with Gasteiger partial charge in [0.1, 0.15) is 12.2 Å². The number of nitrogens with zero attached hydrogens (tertiary/aromatic N) is 6. The minimum Gasteiger partial charge on any atom is -0.351 e. The van der Waals surface area contributed by atoms with Crippen molar-refractivity contribution in [2.75, 3.05) is 5.32 Å². The highest BCUT2D eigenvalue weighted by molar-refractivity contribution is 7.22. The van der Waals surface area contributed by atoms with E-state index in [-0.39, 0.29) is 6.04 Å². The highest BCUT2D eigenvalue weighted by atomic mass is 32.1. The number of hydrogen-bond acceptors (Lipinski definition) is 6. The van der Waals surface area contributed by atoms with Gasteiger partial charge < -0.3 is 5.32 Å². The monoisotopic (exact) mass is 305 g/mol. The predicted molar refractivity (Wildman–Crippen MR) is 83.3 cm³/mol. The topological polar surface area (TPSA) is 73.5 Å². The van der Waals surface area contributed by atoms with Crippen LogP contribution in [0.1, 0.15) is 31.4 Å². The molecule has 0 aliphatic carbocycles. The van der Waals surface area contributed by atoms with E-state index in [2.05, 4.69) is 39.3 Å². The summed E-state index contributed by atoms with van der Waals surface area (Å²) in [7, 11) is 3.83. The number of fused-ring (bicyclic) bond motifs is 1. The molecule has 0 spiro atoms. The molecule has 0 bridgehead atoms. The maximum atomic E-state index is 4.65. The van der Waals surface area contributed by atoms with Crippen molar-refractivity contribution < 1.29 is 0 Å². The van der Waals surface area contributed by atoms with E-state index < -0.39 is 0 Å². The molecule has 0 fully saturated rings. The van der Waals surface area contributed by atoms with Crippen molar-refractivity contribution in [1.82, 2.24) is 29.5 Å². The fourth-order valence-electron chi connectivity index (χ4n) is 2.40. The van der Waals surface area contributed by atoms with E-state index in [9.17, 15) is 0 Å². The second-order valence-corrected chi connectivity index (χ2v) is 6.49. The molecule has 112 valence electrons. The van der Waals surface area contributed by atoms with Gasteiger partial charge >= 0.3 is 0 Å². The van der Waals surface area contributed by atoms with E-state index in [1.54, 1.807) is 22.3 Å². The number of thiazole rings is 1. The number of aryl methyl sites for hydroxylation is 3. The molecule has 3 aromatic heterocycles. The van der Waals surface area contributed by atoms with Gasteiger partial charge in [0.25, 0.3) is 0 Å². The van der Waals surface area contributed by atoms with Crippen LogP contribution in [0.2, 0.25) is 0 Å². The Kier molecular flexibility index (Phi) is 3.40. The third kappa shape index (κ3) is 2.39. The molecule has 7 nitrogen and oxygen atoms in total. The number of rotatable bonds is 4. The van der Waals surface area contributed by atoms with Crippen LogP contribution < -0.4 is 5.32 Å². The van der Waals surface area contributed by atoms with Crippen LogP contribution in [0, 0.1) is 12.8 Å². The van der Waals surface area contributed by atoms with Gasteiger partial charge in [-0.15, -0.1) is 0 Å². The highest BCUT2D eigenvalue weighted by Crippen LogP contribution is 2.32. The Balaban J connectivity index is 1.95. The summed E-state index contributed by atoms with van der Waals surface area (Å²) < 4.78 is 4.75. The first kappa shape index (κ1) is 14.0. The summed E-state index contributed by atoms with van der Waals surface area (Å²) in [6.07, 6.45) is 1.58. The molecule has 3 aromatic rings. The van der Waals surface area contributed by atoms with E-state index in [0.717, 1.165) is 27.0 Å². The molecule has 21 heavy (non-hydrogen) atoms. The smallest absolute Gasteiger partial charge is 0.186 e. The molecule has 3 rings (SSSR count). The summed E-state index contributed by atoms with van der Waals surface area (Å²) in [6.45, 7) is 6.33. The minimum absolute atomic E-state index is 0.0753. The maximum Gasteiger partial charge on any atom is 0.186 e. The lowest BCUT2D eigenvalue weighted by Crippen LogP contribution is -2.20. The van der Waals surface area contributed by atoms with Gasteiger partial charge in [0.15, 0.2) is 10.8 Å². The molecule has 0 saturated carbocycles. The van der Waals surface area contributed by atoms with E-state index in [0.29, 0.717) is 5.92 Å². The zero-order valence-electron chi connectivity index (χ0n) is 12.8. The fourth-order valence-corrected chi connectivity index (χ4v) is 3.36. The molecule has 1 N–H and O–H groups in total. The van der Waals surface area contributed by atoms with Crippen LogP contribution in [-0.2, 0) is 14.1 Å². The van der Waals surface area contributed by atoms with Crippen LogP contribution >= 0.6 is 11.3 Å². The van der Waals surface area contributed by atoms with Crippen LogP contribution in [0.25, 0.3) is 10.3 Å². The van der Waals surface area contributed by atoms with Gasteiger partial charge in [0.05, 0.1) is 16.4 Å². The van der Waals surface area contributed by atoms with Gasteiger partial charge in [-0.2, -0.15) is 10.2 Å². The van der Waals surface area contributed by atoms with Gasteiger partial charge in [0.2, 0.25) is 0 Å². The van der Waals surface area contributed by atoms with E-state index in [1.165, 1.54) is 0 Å². The van der Waals surface area contributed by atoms with Gasteiger partial charge in [0, 0.05) is 14.1 Å². The quantitative estimate of drug-likeness (QED) is 0.800. The summed E-state index contributed by atoms with van der Waals surface area (Å²) >= 11 is 1.63. The molecule has 0 unspecified atom stereocenters. The molecule has 0 saturated heterocycles. The van der Waals surface area contributed by atoms with Gasteiger partial charge in [-0.3, -0.25) is 4.68 Å². The molecule has 3 heterocycles. The zero-order valence-corrected chi connectivity index (χ0v) is 13.6. The van der Waals surface area contributed by atoms with Crippen molar-refractivity contribution in [2.45, 2.75) is 26.8 Å². The molecule has 1 atom stereocenters. The first-order chi connectivity index (χ1) is 9.97. The Labute approximate surface area is 127 Å². The van der Waals surface area contributed by atoms with E-state index in [4.69, 9.17) is 0 Å². The molecule has 8 heteroatoms. The SMILES string of the molecule is Cc1nn(C)c2nc(N[C@@H](c3ncnn3C)C(C)C)sc12. The first-order valence-corrected chi connectivity index (χ1v) is 7.69. The summed E-state index contributed by atoms with van der Waals surface area (Å²) in [5.41, 5.74) is 1.93. The zero-order chi connectivity index (χ0) is 15.1. The molecule has 0 radical (unpaired) electrons. The lowest BCUT2D eigenvalue weighted by Gasteiger charge is -2.20. The Morgan fingerprint density at radius 1 is 1.24 bits per heavy atom. The standard InChI is InChI=1S/C13H19N7S/c1-7(2)9(11-14-6-15-19(11)4)16-13-17-12-10(21-13)8(3)18-20(12)5/h6-7,9H,1-5H3,(H,16,17)/t9-/m1/s1. The van der Waals surface area contributed by atoms with E-state index >= 15 is 0 Å². The van der Waals surface area contributed by atoms with Crippen molar-refractivity contribution in [3.05, 3.63) is 17.8 Å². The van der Waals surface area contributed by atoms with Crippen LogP contribution in [0.15, 0.2) is 6.33 Å². The average molecular weight is 305 g/mol. The second-order valence-electron chi connectivity index (χ2n) is 5.49. The first-order valence-electron chi connectivity index (χ1n) is 6.88. The van der Waals surface area contributed by atoms with Gasteiger partial charge in [-0.1, -0.05) is 25.2 Å². The molecular weight excluding hydrogens is 286 g/mol. The summed E-state index contributed by atoms with van der Waals surface area (Å²) in [6, 6.07) is 0.0753. The second kappa shape index (κ2) is 5.10. The van der Waals surface area contributed by atoms with Crippen LogP contribution in [-0.4, -0.2) is 29.5 Å². The number of aromatic nitrogens is 6. The van der Waals surface area contributed by atoms with Crippen LogP contribution in [0.5, 0.6) is 0 Å². The van der Waals surface area contributed by atoms with Crippen molar-refractivity contribution in [3.63, 3.8) is 0 Å². The Bertz CT molecular complexity index is 732. The Morgan fingerprint density at radius 2 is 2.00 bits per heavy atom. The number of nitrogens with one attached hydrogen (secondary N) is 1. The van der Waals surface area contributed by atoms with Gasteiger partial charge in [-0.05, 0) is 12.8 Å². The maximum absolute atomic E-state index is 4.65. The fraction of sp³-hybridized carbons (Fsp3) is 0.538. The van der Waals surface area contributed by atoms with Gasteiger partial charge in [-0.25, -0.2) is 14.6 Å². The van der Waals surface area contributed by atoms with Crippen LogP contribution in [0.4, 0.5) is 5.13 Å². The van der Waals surface area contributed by atoms with Crippen molar-refractivity contribution in [3.8, 4) is 0 Å². The van der Waals surface area contributed by atoms with Crippen molar-refractivity contribution in [1.29, 1.82) is 0 Å². The molecular formula is C13H19N7S. The minimum atomic E-state index is 0.0753. The summed E-state index contributed by atoms with van der Waals surface area (Å²) in [5, 5.41) is 12.9. The average Bonchev–Trinajstić information content (AvgIpc) is 3.06. The third-order valence-electron chi connectivity index (χ3n) is 3.51. The van der Waals surface area contributed by atoms with E-state index in [1.807, 2.05) is 25.7 Å². The molecule has 0 amide bonds. The van der Waals surface area contributed by atoms with Crippen LogP contribution in [0.3, 0.4) is 0 Å². The summed E-state index contributed by atoms with van der Waals surface area (Å²) in [4.78, 5) is 9.00. The predicted octanol–water partition coefficient (Wildman–Crippen LogP) is 2.28. The van der Waals surface area contributed by atoms with Crippen molar-refractivity contribution >= 4 is 26.8 Å². The summed E-state index contributed by atoms with van der Waals surface area (Å²) in [5.74, 6) is 1.29. The Morgan fingerprint density at radius 3 is 2.57 bits per heavy atom.